The van der Waals surface area contributed by atoms with Crippen molar-refractivity contribution in [2.75, 3.05) is 0 Å². The summed E-state index contributed by atoms with van der Waals surface area (Å²) in [6.07, 6.45) is 2.59. The van der Waals surface area contributed by atoms with Gasteiger partial charge in [-0.2, -0.15) is 5.10 Å². The van der Waals surface area contributed by atoms with Gasteiger partial charge in [-0.05, 0) is 25.1 Å². The Morgan fingerprint density at radius 3 is 2.75 bits per heavy atom. The van der Waals surface area contributed by atoms with Crippen molar-refractivity contribution in [3.8, 4) is 26.9 Å². The molecular formula is C19H16N4O3S2. The number of carboxylic acid groups (broad SMARTS) is 1. The Hall–Kier alpha value is -3.04. The molecule has 0 unspecified atom stereocenters. The zero-order chi connectivity index (χ0) is 19.8. The van der Waals surface area contributed by atoms with Crippen LogP contribution >= 0.6 is 22.7 Å². The molecular weight excluding hydrogens is 396 g/mol. The molecule has 28 heavy (non-hydrogen) atoms. The predicted octanol–water partition coefficient (Wildman–Crippen LogP) is 3.97. The van der Waals surface area contributed by atoms with Crippen LogP contribution in [0.25, 0.3) is 21.1 Å². The number of thiazole rings is 2. The Kier molecular flexibility index (Phi) is 4.70. The van der Waals surface area contributed by atoms with Crippen LogP contribution in [0.1, 0.15) is 26.8 Å². The summed E-state index contributed by atoms with van der Waals surface area (Å²) in [7, 11) is 1.89. The smallest absolute Gasteiger partial charge is 0.339 e. The number of rotatable bonds is 5. The van der Waals surface area contributed by atoms with Gasteiger partial charge in [-0.3, -0.25) is 4.68 Å². The van der Waals surface area contributed by atoms with Crippen molar-refractivity contribution in [2.45, 2.75) is 13.3 Å². The molecule has 2 N–H and O–H groups in total. The normalized spacial score (nSPS) is 11.1. The summed E-state index contributed by atoms with van der Waals surface area (Å²) in [6, 6.07) is 6.44. The molecule has 4 rings (SSSR count). The van der Waals surface area contributed by atoms with E-state index < -0.39 is 5.97 Å². The molecule has 0 bridgehead atoms. The largest absolute Gasteiger partial charge is 0.507 e. The number of benzene rings is 1. The number of phenols is 1. The predicted molar refractivity (Wildman–Crippen MR) is 108 cm³/mol. The lowest BCUT2D eigenvalue weighted by Crippen LogP contribution is -1.96. The van der Waals surface area contributed by atoms with Crippen molar-refractivity contribution < 1.29 is 15.0 Å². The molecule has 7 nitrogen and oxygen atoms in total. The molecule has 0 saturated carbocycles. The Labute approximate surface area is 168 Å². The third kappa shape index (κ3) is 3.54. The highest BCUT2D eigenvalue weighted by Crippen LogP contribution is 2.35. The van der Waals surface area contributed by atoms with Crippen LogP contribution < -0.4 is 0 Å². The van der Waals surface area contributed by atoms with Crippen LogP contribution in [0.3, 0.4) is 0 Å². The molecule has 3 heterocycles. The van der Waals surface area contributed by atoms with Gasteiger partial charge in [0, 0.05) is 30.6 Å². The van der Waals surface area contributed by atoms with Crippen molar-refractivity contribution in [3.05, 3.63) is 57.8 Å². The number of aromatic hydroxyl groups is 1. The van der Waals surface area contributed by atoms with E-state index in [1.165, 1.54) is 23.5 Å². The molecule has 4 aromatic rings. The average molecular weight is 412 g/mol. The van der Waals surface area contributed by atoms with Crippen LogP contribution in [0, 0.1) is 6.92 Å². The lowest BCUT2D eigenvalue weighted by Gasteiger charge is -2.01. The van der Waals surface area contributed by atoms with E-state index >= 15 is 0 Å². The summed E-state index contributed by atoms with van der Waals surface area (Å²) in [6.45, 7) is 1.96. The molecule has 0 aliphatic heterocycles. The topological polar surface area (TPSA) is 101 Å². The zero-order valence-corrected chi connectivity index (χ0v) is 16.7. The first-order chi connectivity index (χ1) is 13.4. The lowest BCUT2D eigenvalue weighted by molar-refractivity contribution is 0.0694. The van der Waals surface area contributed by atoms with Gasteiger partial charge in [-0.25, -0.2) is 14.8 Å². The molecule has 0 radical (unpaired) electrons. The van der Waals surface area contributed by atoms with Gasteiger partial charge >= 0.3 is 5.97 Å². The van der Waals surface area contributed by atoms with Crippen molar-refractivity contribution in [2.24, 2.45) is 7.05 Å². The van der Waals surface area contributed by atoms with E-state index in [4.69, 9.17) is 5.11 Å². The van der Waals surface area contributed by atoms with Crippen LogP contribution in [-0.4, -0.2) is 35.9 Å². The van der Waals surface area contributed by atoms with Gasteiger partial charge < -0.3 is 10.2 Å². The standard InChI is InChI=1S/C19H16N4O3S2/c1-10-17(28-16(20-10)8-12-5-6-23(2)22-12)14-9-27-18(21-14)11-3-4-13(19(25)26)15(24)7-11/h3-7,9,24H,8H2,1-2H3,(H,25,26). The minimum atomic E-state index is -1.16. The van der Waals surface area contributed by atoms with Gasteiger partial charge in [-0.1, -0.05) is 6.07 Å². The van der Waals surface area contributed by atoms with E-state index in [0.29, 0.717) is 17.0 Å². The molecule has 0 aliphatic rings. The molecule has 0 aliphatic carbocycles. The SMILES string of the molecule is Cc1nc(Cc2ccn(C)n2)sc1-c1csc(-c2ccc(C(=O)O)c(O)c2)n1. The van der Waals surface area contributed by atoms with Crippen LogP contribution in [-0.2, 0) is 13.5 Å². The fourth-order valence-electron chi connectivity index (χ4n) is 2.83. The Morgan fingerprint density at radius 1 is 1.25 bits per heavy atom. The summed E-state index contributed by atoms with van der Waals surface area (Å²) in [5, 5.41) is 27.0. The number of hydrogen-bond donors (Lipinski definition) is 2. The van der Waals surface area contributed by atoms with Gasteiger partial charge in [0.25, 0.3) is 0 Å². The van der Waals surface area contributed by atoms with Crippen molar-refractivity contribution in [1.29, 1.82) is 0 Å². The minimum Gasteiger partial charge on any atom is -0.507 e. The average Bonchev–Trinajstić information content (AvgIpc) is 3.35. The molecule has 3 aromatic heterocycles. The van der Waals surface area contributed by atoms with Crippen molar-refractivity contribution in [1.82, 2.24) is 19.7 Å². The van der Waals surface area contributed by atoms with Crippen LogP contribution in [0.2, 0.25) is 0 Å². The molecule has 0 spiro atoms. The Morgan fingerprint density at radius 2 is 2.07 bits per heavy atom. The van der Waals surface area contributed by atoms with E-state index in [2.05, 4.69) is 15.1 Å². The highest BCUT2D eigenvalue weighted by Gasteiger charge is 2.16. The van der Waals surface area contributed by atoms with E-state index in [-0.39, 0.29) is 11.3 Å². The third-order valence-corrected chi connectivity index (χ3v) is 6.23. The number of hydrogen-bond acceptors (Lipinski definition) is 7. The molecule has 0 fully saturated rings. The van der Waals surface area contributed by atoms with E-state index in [9.17, 15) is 9.90 Å². The third-order valence-electron chi connectivity index (χ3n) is 4.15. The minimum absolute atomic E-state index is 0.127. The summed E-state index contributed by atoms with van der Waals surface area (Å²) in [4.78, 5) is 21.4. The molecule has 0 amide bonds. The monoisotopic (exact) mass is 412 g/mol. The number of carbonyl (C=O) groups is 1. The fraction of sp³-hybridized carbons (Fsp3) is 0.158. The highest BCUT2D eigenvalue weighted by molar-refractivity contribution is 7.16. The van der Waals surface area contributed by atoms with Gasteiger partial charge in [0.05, 0.1) is 27.0 Å². The fourth-order valence-corrected chi connectivity index (χ4v) is 4.76. The maximum atomic E-state index is 11.0. The molecule has 0 atom stereocenters. The number of aromatic nitrogens is 4. The highest BCUT2D eigenvalue weighted by atomic mass is 32.1. The lowest BCUT2D eigenvalue weighted by atomic mass is 10.1. The summed E-state index contributed by atoms with van der Waals surface area (Å²) in [5.74, 6) is -1.43. The summed E-state index contributed by atoms with van der Waals surface area (Å²) >= 11 is 3.03. The van der Waals surface area contributed by atoms with Crippen molar-refractivity contribution >= 4 is 28.6 Å². The van der Waals surface area contributed by atoms with Gasteiger partial charge in [0.15, 0.2) is 0 Å². The number of nitrogens with zero attached hydrogens (tertiary/aromatic N) is 4. The first-order valence-electron chi connectivity index (χ1n) is 8.38. The Bertz CT molecular complexity index is 1180. The van der Waals surface area contributed by atoms with E-state index in [1.807, 2.05) is 31.6 Å². The zero-order valence-electron chi connectivity index (χ0n) is 15.1. The number of aryl methyl sites for hydroxylation is 2. The molecule has 0 saturated heterocycles. The van der Waals surface area contributed by atoms with Gasteiger partial charge in [-0.15, -0.1) is 22.7 Å². The van der Waals surface area contributed by atoms with Gasteiger partial charge in [0.2, 0.25) is 0 Å². The Balaban J connectivity index is 1.61. The van der Waals surface area contributed by atoms with Crippen LogP contribution in [0.5, 0.6) is 5.75 Å². The second kappa shape index (κ2) is 7.17. The first kappa shape index (κ1) is 18.3. The van der Waals surface area contributed by atoms with Gasteiger partial charge in [0.1, 0.15) is 16.3 Å². The number of aromatic carboxylic acids is 1. The quantitative estimate of drug-likeness (QED) is 0.514. The second-order valence-electron chi connectivity index (χ2n) is 6.25. The number of carboxylic acids is 1. The van der Waals surface area contributed by atoms with E-state index in [0.717, 1.165) is 27.0 Å². The molecule has 1 aromatic carbocycles. The maximum Gasteiger partial charge on any atom is 0.339 e. The maximum absolute atomic E-state index is 11.0. The molecule has 9 heteroatoms. The first-order valence-corrected chi connectivity index (χ1v) is 10.1. The molecule has 142 valence electrons. The summed E-state index contributed by atoms with van der Waals surface area (Å²) in [5.41, 5.74) is 3.25. The second-order valence-corrected chi connectivity index (χ2v) is 8.20. The van der Waals surface area contributed by atoms with E-state index in [1.54, 1.807) is 22.1 Å². The van der Waals surface area contributed by atoms with Crippen LogP contribution in [0.15, 0.2) is 35.8 Å². The summed E-state index contributed by atoms with van der Waals surface area (Å²) < 4.78 is 1.77. The van der Waals surface area contributed by atoms with Crippen LogP contribution in [0.4, 0.5) is 0 Å². The van der Waals surface area contributed by atoms with Crippen molar-refractivity contribution in [3.63, 3.8) is 0 Å².